The van der Waals surface area contributed by atoms with E-state index in [4.69, 9.17) is 0 Å². The molecule has 1 amide bonds. The lowest BCUT2D eigenvalue weighted by Gasteiger charge is -2.34. The molecule has 27 heavy (non-hydrogen) atoms. The first-order valence-electron chi connectivity index (χ1n) is 10.2. The molecule has 1 aromatic carbocycles. The van der Waals surface area contributed by atoms with Crippen molar-refractivity contribution < 1.29 is 4.79 Å². The van der Waals surface area contributed by atoms with Gasteiger partial charge in [0.05, 0.1) is 5.56 Å². The fourth-order valence-electron chi connectivity index (χ4n) is 4.38. The highest BCUT2D eigenvalue weighted by Gasteiger charge is 2.30. The van der Waals surface area contributed by atoms with E-state index in [2.05, 4.69) is 15.7 Å². The second kappa shape index (κ2) is 7.75. The Bertz CT molecular complexity index is 793. The molecule has 5 heteroatoms. The zero-order chi connectivity index (χ0) is 18.8. The van der Waals surface area contributed by atoms with Gasteiger partial charge < -0.3 is 14.4 Å². The molecule has 1 aliphatic heterocycles. The van der Waals surface area contributed by atoms with E-state index in [1.165, 1.54) is 25.1 Å². The van der Waals surface area contributed by atoms with Crippen LogP contribution in [0.4, 0.5) is 5.69 Å². The van der Waals surface area contributed by atoms with E-state index in [1.807, 2.05) is 54.4 Å². The number of benzene rings is 1. The van der Waals surface area contributed by atoms with E-state index in [0.29, 0.717) is 5.92 Å². The highest BCUT2D eigenvalue weighted by Crippen LogP contribution is 2.32. The van der Waals surface area contributed by atoms with Gasteiger partial charge >= 0.3 is 0 Å². The fraction of sp³-hybridized carbons (Fsp3) is 0.545. The second-order valence-corrected chi connectivity index (χ2v) is 8.24. The number of hydrogen-bond donors (Lipinski definition) is 0. The Hall–Kier alpha value is -2.30. The summed E-state index contributed by atoms with van der Waals surface area (Å²) in [5.41, 5.74) is 1.78. The number of aromatic nitrogens is 2. The van der Waals surface area contributed by atoms with Crippen LogP contribution >= 0.6 is 0 Å². The monoisotopic (exact) mass is 366 g/mol. The van der Waals surface area contributed by atoms with Crippen molar-refractivity contribution in [2.45, 2.75) is 44.6 Å². The van der Waals surface area contributed by atoms with Gasteiger partial charge in [-0.15, -0.1) is 0 Å². The van der Waals surface area contributed by atoms with Crippen molar-refractivity contribution in [1.29, 1.82) is 0 Å². The number of amides is 1. The van der Waals surface area contributed by atoms with E-state index >= 15 is 0 Å². The molecule has 0 spiro atoms. The summed E-state index contributed by atoms with van der Waals surface area (Å²) in [6.07, 6.45) is 10.2. The third-order valence-corrected chi connectivity index (χ3v) is 6.12. The average molecular weight is 367 g/mol. The molecule has 1 aromatic heterocycles. The lowest BCUT2D eigenvalue weighted by molar-refractivity contribution is 0.0703. The van der Waals surface area contributed by atoms with Crippen molar-refractivity contribution >= 4 is 11.6 Å². The number of para-hydroxylation sites is 1. The van der Waals surface area contributed by atoms with Crippen LogP contribution in [0.2, 0.25) is 0 Å². The smallest absolute Gasteiger partial charge is 0.255 e. The number of likely N-dealkylation sites (tertiary alicyclic amines) is 1. The van der Waals surface area contributed by atoms with Gasteiger partial charge in [-0.3, -0.25) is 4.79 Å². The minimum atomic E-state index is 0.140. The van der Waals surface area contributed by atoms with Crippen LogP contribution in [0.3, 0.4) is 0 Å². The summed E-state index contributed by atoms with van der Waals surface area (Å²) in [5.74, 6) is 2.46. The maximum absolute atomic E-state index is 13.2. The summed E-state index contributed by atoms with van der Waals surface area (Å²) >= 11 is 0. The molecule has 5 nitrogen and oxygen atoms in total. The predicted molar refractivity (Wildman–Crippen MR) is 108 cm³/mol. The van der Waals surface area contributed by atoms with Gasteiger partial charge in [-0.1, -0.05) is 18.6 Å². The average Bonchev–Trinajstić information content (AvgIpc) is 3.12. The maximum Gasteiger partial charge on any atom is 0.255 e. The lowest BCUT2D eigenvalue weighted by atomic mass is 9.85. The van der Waals surface area contributed by atoms with Crippen LogP contribution in [0.5, 0.6) is 0 Å². The first-order chi connectivity index (χ1) is 13.1. The Morgan fingerprint density at radius 3 is 2.74 bits per heavy atom. The summed E-state index contributed by atoms with van der Waals surface area (Å²) in [5, 5.41) is 0. The Labute approximate surface area is 162 Å². The number of carbonyl (C=O) groups is 1. The summed E-state index contributed by atoms with van der Waals surface area (Å²) in [7, 11) is 3.98. The van der Waals surface area contributed by atoms with Crippen molar-refractivity contribution in [3.8, 4) is 0 Å². The third-order valence-electron chi connectivity index (χ3n) is 6.12. The van der Waals surface area contributed by atoms with Gasteiger partial charge in [0, 0.05) is 57.7 Å². The van der Waals surface area contributed by atoms with Gasteiger partial charge in [-0.2, -0.15) is 0 Å². The van der Waals surface area contributed by atoms with Crippen molar-refractivity contribution in [3.63, 3.8) is 0 Å². The summed E-state index contributed by atoms with van der Waals surface area (Å²) in [4.78, 5) is 22.0. The molecule has 2 heterocycles. The van der Waals surface area contributed by atoms with Crippen LogP contribution in [-0.2, 0) is 6.54 Å². The summed E-state index contributed by atoms with van der Waals surface area (Å²) < 4.78 is 2.34. The van der Waals surface area contributed by atoms with Gasteiger partial charge in [0.25, 0.3) is 5.91 Å². The minimum Gasteiger partial charge on any atom is -0.377 e. The predicted octanol–water partition coefficient (Wildman–Crippen LogP) is 3.77. The molecule has 2 fully saturated rings. The van der Waals surface area contributed by atoms with E-state index in [1.54, 1.807) is 0 Å². The molecule has 4 rings (SSSR count). The first-order valence-corrected chi connectivity index (χ1v) is 10.2. The molecule has 2 aliphatic rings. The second-order valence-electron chi connectivity index (χ2n) is 8.24. The molecule has 2 aromatic rings. The van der Waals surface area contributed by atoms with Crippen molar-refractivity contribution in [2.75, 3.05) is 32.1 Å². The Kier molecular flexibility index (Phi) is 5.19. The zero-order valence-corrected chi connectivity index (χ0v) is 16.5. The van der Waals surface area contributed by atoms with Crippen molar-refractivity contribution in [3.05, 3.63) is 48.0 Å². The summed E-state index contributed by atoms with van der Waals surface area (Å²) in [6.45, 7) is 2.69. The summed E-state index contributed by atoms with van der Waals surface area (Å²) in [6, 6.07) is 7.90. The van der Waals surface area contributed by atoms with Crippen LogP contribution < -0.4 is 4.90 Å². The van der Waals surface area contributed by atoms with Gasteiger partial charge in [0.15, 0.2) is 0 Å². The fourth-order valence-corrected chi connectivity index (χ4v) is 4.38. The molecular formula is C22H30N4O. The largest absolute Gasteiger partial charge is 0.377 e. The van der Waals surface area contributed by atoms with Crippen molar-refractivity contribution in [2.24, 2.45) is 5.92 Å². The Balaban J connectivity index is 1.50. The number of nitrogens with zero attached hydrogens (tertiary/aromatic N) is 4. The molecular weight excluding hydrogens is 336 g/mol. The first kappa shape index (κ1) is 18.1. The third kappa shape index (κ3) is 3.73. The number of imidazole rings is 1. The van der Waals surface area contributed by atoms with Crippen molar-refractivity contribution in [1.82, 2.24) is 14.5 Å². The topological polar surface area (TPSA) is 41.4 Å². The molecule has 1 aliphatic carbocycles. The Morgan fingerprint density at radius 2 is 2.00 bits per heavy atom. The molecule has 0 radical (unpaired) electrons. The molecule has 1 saturated heterocycles. The van der Waals surface area contributed by atoms with Crippen LogP contribution in [0.25, 0.3) is 0 Å². The molecule has 0 bridgehead atoms. The quantitative estimate of drug-likeness (QED) is 0.809. The Morgan fingerprint density at radius 1 is 1.19 bits per heavy atom. The standard InChI is InChI=1S/C22H30N4O/c1-24(2)20-11-4-3-10-19(20)22(27)26-13-6-9-18(16-26)21-23-12-14-25(21)15-17-7-5-8-17/h3-4,10-12,14,17-18H,5-9,13,15-16H2,1-2H3. The van der Waals surface area contributed by atoms with E-state index in [-0.39, 0.29) is 5.91 Å². The molecule has 0 N–H and O–H groups in total. The van der Waals surface area contributed by atoms with Gasteiger partial charge in [0.1, 0.15) is 5.82 Å². The van der Waals surface area contributed by atoms with E-state index in [0.717, 1.165) is 49.6 Å². The van der Waals surface area contributed by atoms with Gasteiger partial charge in [-0.25, -0.2) is 4.98 Å². The zero-order valence-electron chi connectivity index (χ0n) is 16.5. The van der Waals surface area contributed by atoms with E-state index in [9.17, 15) is 4.79 Å². The lowest BCUT2D eigenvalue weighted by Crippen LogP contribution is -2.40. The highest BCUT2D eigenvalue weighted by atomic mass is 16.2. The minimum absolute atomic E-state index is 0.140. The van der Waals surface area contributed by atoms with Crippen LogP contribution in [0, 0.1) is 5.92 Å². The molecule has 144 valence electrons. The SMILES string of the molecule is CN(C)c1ccccc1C(=O)N1CCCC(c2nccn2CC2CCC2)C1. The number of carbonyl (C=O) groups excluding carboxylic acids is 1. The highest BCUT2D eigenvalue weighted by molar-refractivity contribution is 5.99. The number of anilines is 1. The number of piperidine rings is 1. The molecule has 1 unspecified atom stereocenters. The molecule has 1 atom stereocenters. The van der Waals surface area contributed by atoms with Crippen LogP contribution in [-0.4, -0.2) is 47.5 Å². The van der Waals surface area contributed by atoms with Crippen LogP contribution in [0.15, 0.2) is 36.7 Å². The van der Waals surface area contributed by atoms with E-state index < -0.39 is 0 Å². The maximum atomic E-state index is 13.2. The normalized spacial score (nSPS) is 20.4. The van der Waals surface area contributed by atoms with Gasteiger partial charge in [-0.05, 0) is 43.7 Å². The van der Waals surface area contributed by atoms with Gasteiger partial charge in [0.2, 0.25) is 0 Å². The number of hydrogen-bond acceptors (Lipinski definition) is 3. The number of rotatable bonds is 5. The van der Waals surface area contributed by atoms with Crippen LogP contribution in [0.1, 0.15) is 54.2 Å². The molecule has 1 saturated carbocycles.